The van der Waals surface area contributed by atoms with E-state index in [1.54, 1.807) is 62.8 Å². The van der Waals surface area contributed by atoms with Gasteiger partial charge in [0.25, 0.3) is 0 Å². The lowest BCUT2D eigenvalue weighted by atomic mass is 10.1. The maximum absolute atomic E-state index is 12.4. The topological polar surface area (TPSA) is 88.8 Å². The zero-order valence-electron chi connectivity index (χ0n) is 15.3. The second-order valence-corrected chi connectivity index (χ2v) is 5.84. The van der Waals surface area contributed by atoms with Crippen LogP contribution in [0, 0.1) is 0 Å². The van der Waals surface area contributed by atoms with Crippen LogP contribution in [0.15, 0.2) is 65.1 Å². The molecule has 0 spiro atoms. The molecule has 0 fully saturated rings. The largest absolute Gasteiger partial charge is 0.542 e. The van der Waals surface area contributed by atoms with E-state index in [1.807, 2.05) is 6.07 Å². The molecule has 6 nitrogen and oxygen atoms in total. The van der Waals surface area contributed by atoms with E-state index in [1.165, 1.54) is 12.1 Å². The van der Waals surface area contributed by atoms with Crippen molar-refractivity contribution >= 4 is 17.8 Å². The zero-order chi connectivity index (χ0) is 20.1. The third kappa shape index (κ3) is 4.12. The Balaban J connectivity index is 1.74. The van der Waals surface area contributed by atoms with Crippen molar-refractivity contribution < 1.29 is 28.6 Å². The number of furan rings is 1. The smallest absolute Gasteiger partial charge is 0.185 e. The molecule has 1 aromatic heterocycles. The van der Waals surface area contributed by atoms with Gasteiger partial charge in [0.15, 0.2) is 17.3 Å². The molecular weight excluding hydrogens is 360 g/mol. The number of hydrogen-bond acceptors (Lipinski definition) is 6. The Morgan fingerprint density at radius 1 is 0.929 bits per heavy atom. The minimum atomic E-state index is -1.38. The molecule has 0 radical (unpaired) electrons. The Morgan fingerprint density at radius 3 is 2.25 bits per heavy atom. The van der Waals surface area contributed by atoms with Crippen LogP contribution in [0.4, 0.5) is 0 Å². The average molecular weight is 377 g/mol. The lowest BCUT2D eigenvalue weighted by molar-refractivity contribution is -0.257. The number of ether oxygens (including phenoxy) is 2. The van der Waals surface area contributed by atoms with Crippen LogP contribution in [0.5, 0.6) is 11.5 Å². The van der Waals surface area contributed by atoms with Gasteiger partial charge in [-0.15, -0.1) is 0 Å². The van der Waals surface area contributed by atoms with Crippen molar-refractivity contribution in [3.05, 3.63) is 77.6 Å². The van der Waals surface area contributed by atoms with Gasteiger partial charge in [-0.25, -0.2) is 0 Å². The van der Waals surface area contributed by atoms with E-state index in [4.69, 9.17) is 13.9 Å². The standard InChI is InChI=1S/C22H18O6/c1-26-19-10-4-14(13-21(19)27-2)3-9-17(23)15-5-7-16(8-6-15)18-11-12-20(28-18)22(24)25/h3-13H,1-2H3,(H,24,25)/p-1/b9-3+. The summed E-state index contributed by atoms with van der Waals surface area (Å²) in [6.45, 7) is 0. The number of rotatable bonds is 7. The molecule has 0 N–H and O–H groups in total. The lowest BCUT2D eigenvalue weighted by Crippen LogP contribution is -2.21. The molecule has 6 heteroatoms. The van der Waals surface area contributed by atoms with E-state index >= 15 is 0 Å². The molecule has 0 saturated heterocycles. The van der Waals surface area contributed by atoms with Crippen molar-refractivity contribution in [2.45, 2.75) is 0 Å². The number of carbonyl (C=O) groups excluding carboxylic acids is 2. The summed E-state index contributed by atoms with van der Waals surface area (Å²) < 4.78 is 15.6. The van der Waals surface area contributed by atoms with Gasteiger partial charge in [0.2, 0.25) is 0 Å². The molecule has 3 rings (SSSR count). The van der Waals surface area contributed by atoms with Gasteiger partial charge in [-0.3, -0.25) is 4.79 Å². The van der Waals surface area contributed by atoms with E-state index < -0.39 is 5.97 Å². The molecule has 3 aromatic rings. The molecule has 0 aliphatic rings. The van der Waals surface area contributed by atoms with Gasteiger partial charge in [0.1, 0.15) is 17.5 Å². The van der Waals surface area contributed by atoms with Gasteiger partial charge in [-0.1, -0.05) is 36.4 Å². The highest BCUT2D eigenvalue weighted by atomic mass is 16.5. The molecule has 0 unspecified atom stereocenters. The highest BCUT2D eigenvalue weighted by Gasteiger charge is 2.08. The number of carboxylic acids is 1. The SMILES string of the molecule is COc1ccc(/C=C/C(=O)c2ccc(-c3ccc(C(=O)[O-])o3)cc2)cc1OC. The van der Waals surface area contributed by atoms with Crippen LogP contribution in [0.25, 0.3) is 17.4 Å². The number of carboxylic acid groups (broad SMARTS) is 1. The van der Waals surface area contributed by atoms with Gasteiger partial charge in [0.05, 0.1) is 14.2 Å². The maximum atomic E-state index is 12.4. The second-order valence-electron chi connectivity index (χ2n) is 5.84. The van der Waals surface area contributed by atoms with E-state index in [-0.39, 0.29) is 11.5 Å². The summed E-state index contributed by atoms with van der Waals surface area (Å²) in [5.74, 6) is -0.209. The number of hydrogen-bond donors (Lipinski definition) is 0. The Hall–Kier alpha value is -3.80. The van der Waals surface area contributed by atoms with Crippen molar-refractivity contribution in [2.75, 3.05) is 14.2 Å². The van der Waals surface area contributed by atoms with Crippen LogP contribution in [-0.2, 0) is 0 Å². The lowest BCUT2D eigenvalue weighted by Gasteiger charge is -2.07. The third-order valence-electron chi connectivity index (χ3n) is 4.10. The molecule has 2 aromatic carbocycles. The quantitative estimate of drug-likeness (QED) is 0.464. The monoisotopic (exact) mass is 377 g/mol. The van der Waals surface area contributed by atoms with Gasteiger partial charge in [-0.2, -0.15) is 0 Å². The molecule has 0 saturated carbocycles. The molecule has 0 bridgehead atoms. The number of allylic oxidation sites excluding steroid dienone is 1. The van der Waals surface area contributed by atoms with Crippen LogP contribution >= 0.6 is 0 Å². The predicted molar refractivity (Wildman–Crippen MR) is 101 cm³/mol. The normalized spacial score (nSPS) is 10.8. The summed E-state index contributed by atoms with van der Waals surface area (Å²) in [4.78, 5) is 23.2. The number of methoxy groups -OCH3 is 2. The predicted octanol–water partition coefficient (Wildman–Crippen LogP) is 3.22. The molecule has 28 heavy (non-hydrogen) atoms. The first-order valence-electron chi connectivity index (χ1n) is 8.38. The van der Waals surface area contributed by atoms with Crippen LogP contribution in [0.2, 0.25) is 0 Å². The maximum Gasteiger partial charge on any atom is 0.185 e. The summed E-state index contributed by atoms with van der Waals surface area (Å²) in [5, 5.41) is 10.8. The Bertz CT molecular complexity index is 1030. The Kier molecular flexibility index (Phi) is 5.60. The molecule has 0 atom stereocenters. The minimum Gasteiger partial charge on any atom is -0.542 e. The molecular formula is C22H17O6-. The van der Waals surface area contributed by atoms with Crippen molar-refractivity contribution in [3.8, 4) is 22.8 Å². The minimum absolute atomic E-state index is 0.170. The molecule has 0 aliphatic carbocycles. The van der Waals surface area contributed by atoms with Gasteiger partial charge >= 0.3 is 0 Å². The van der Waals surface area contributed by atoms with Crippen LogP contribution < -0.4 is 14.6 Å². The molecule has 0 amide bonds. The molecule has 142 valence electrons. The fourth-order valence-electron chi connectivity index (χ4n) is 2.63. The van der Waals surface area contributed by atoms with E-state index in [0.717, 1.165) is 5.56 Å². The molecule has 0 aliphatic heterocycles. The summed E-state index contributed by atoms with van der Waals surface area (Å²) in [5.41, 5.74) is 1.95. The van der Waals surface area contributed by atoms with Crippen LogP contribution in [0.1, 0.15) is 26.5 Å². The summed E-state index contributed by atoms with van der Waals surface area (Å²) in [6, 6.07) is 14.9. The highest BCUT2D eigenvalue weighted by Crippen LogP contribution is 2.28. The van der Waals surface area contributed by atoms with E-state index in [0.29, 0.717) is 28.4 Å². The zero-order valence-corrected chi connectivity index (χ0v) is 15.3. The number of carbonyl (C=O) groups is 2. The van der Waals surface area contributed by atoms with Gasteiger partial charge in [-0.05, 0) is 35.9 Å². The fraction of sp³-hybridized carbons (Fsp3) is 0.0909. The van der Waals surface area contributed by atoms with Crippen LogP contribution in [-0.4, -0.2) is 26.0 Å². The molecule has 1 heterocycles. The number of ketones is 1. The summed E-state index contributed by atoms with van der Waals surface area (Å²) >= 11 is 0. The second kappa shape index (κ2) is 8.26. The number of benzene rings is 2. The summed E-state index contributed by atoms with van der Waals surface area (Å²) in [7, 11) is 3.11. The van der Waals surface area contributed by atoms with Crippen molar-refractivity contribution in [1.29, 1.82) is 0 Å². The highest BCUT2D eigenvalue weighted by molar-refractivity contribution is 6.07. The first-order chi connectivity index (χ1) is 13.5. The Labute approximate surface area is 161 Å². The third-order valence-corrected chi connectivity index (χ3v) is 4.10. The van der Waals surface area contributed by atoms with E-state index in [9.17, 15) is 14.7 Å². The fourth-order valence-corrected chi connectivity index (χ4v) is 2.63. The first-order valence-corrected chi connectivity index (χ1v) is 8.38. The average Bonchev–Trinajstić information content (AvgIpc) is 3.22. The van der Waals surface area contributed by atoms with Crippen molar-refractivity contribution in [3.63, 3.8) is 0 Å². The first kappa shape index (κ1) is 19.0. The van der Waals surface area contributed by atoms with Gasteiger partial charge < -0.3 is 23.8 Å². The summed E-state index contributed by atoms with van der Waals surface area (Å²) in [6.07, 6.45) is 3.16. The van der Waals surface area contributed by atoms with Crippen LogP contribution in [0.3, 0.4) is 0 Å². The van der Waals surface area contributed by atoms with Crippen molar-refractivity contribution in [1.82, 2.24) is 0 Å². The van der Waals surface area contributed by atoms with E-state index in [2.05, 4.69) is 0 Å². The van der Waals surface area contributed by atoms with Crippen molar-refractivity contribution in [2.24, 2.45) is 0 Å². The Morgan fingerprint density at radius 2 is 1.64 bits per heavy atom. The van der Waals surface area contributed by atoms with Gasteiger partial charge in [0, 0.05) is 11.1 Å². The number of aromatic carboxylic acids is 1.